The van der Waals surface area contributed by atoms with Crippen LogP contribution in [0.25, 0.3) is 5.69 Å². The molecule has 1 aromatic carbocycles. The van der Waals surface area contributed by atoms with Crippen LogP contribution in [-0.2, 0) is 0 Å². The van der Waals surface area contributed by atoms with E-state index in [1.807, 2.05) is 32.0 Å². The van der Waals surface area contributed by atoms with E-state index in [9.17, 15) is 4.79 Å². The summed E-state index contributed by atoms with van der Waals surface area (Å²) in [4.78, 5) is 10.9. The van der Waals surface area contributed by atoms with Crippen LogP contribution in [0, 0.1) is 13.8 Å². The van der Waals surface area contributed by atoms with Crippen molar-refractivity contribution in [3.63, 3.8) is 0 Å². The molecule has 3 N–H and O–H groups in total. The Kier molecular flexibility index (Phi) is 2.59. The van der Waals surface area contributed by atoms with E-state index in [2.05, 4.69) is 5.10 Å². The van der Waals surface area contributed by atoms with E-state index in [0.717, 1.165) is 16.8 Å². The normalized spacial score (nSPS) is 10.5. The van der Waals surface area contributed by atoms with E-state index in [1.165, 1.54) is 10.9 Å². The minimum atomic E-state index is -1.07. The lowest BCUT2D eigenvalue weighted by Gasteiger charge is -2.11. The maximum atomic E-state index is 10.9. The predicted octanol–water partition coefficient (Wildman–Crippen LogP) is 1.77. The number of benzene rings is 1. The van der Waals surface area contributed by atoms with Crippen molar-refractivity contribution in [1.29, 1.82) is 0 Å². The number of aromatic carboxylic acids is 1. The molecule has 0 saturated carbocycles. The summed E-state index contributed by atoms with van der Waals surface area (Å²) in [7, 11) is 0. The summed E-state index contributed by atoms with van der Waals surface area (Å²) < 4.78 is 1.47. The topological polar surface area (TPSA) is 81.1 Å². The number of nitrogens with zero attached hydrogens (tertiary/aromatic N) is 2. The number of anilines is 1. The highest BCUT2D eigenvalue weighted by atomic mass is 16.4. The first-order chi connectivity index (χ1) is 8.02. The van der Waals surface area contributed by atoms with Crippen LogP contribution in [0.1, 0.15) is 21.5 Å². The van der Waals surface area contributed by atoms with Crippen molar-refractivity contribution in [2.24, 2.45) is 0 Å². The van der Waals surface area contributed by atoms with Crippen LogP contribution in [0.15, 0.2) is 24.4 Å². The van der Waals surface area contributed by atoms with Gasteiger partial charge in [0.2, 0.25) is 0 Å². The molecule has 1 heterocycles. The number of rotatable bonds is 2. The second-order valence-electron chi connectivity index (χ2n) is 3.90. The lowest BCUT2D eigenvalue weighted by Crippen LogP contribution is -2.08. The molecule has 0 bridgehead atoms. The van der Waals surface area contributed by atoms with Crippen molar-refractivity contribution < 1.29 is 9.90 Å². The molecule has 1 aromatic heterocycles. The molecule has 0 unspecified atom stereocenters. The number of hydrogen-bond acceptors (Lipinski definition) is 3. The number of aryl methyl sites for hydroxylation is 2. The zero-order chi connectivity index (χ0) is 12.6. The first-order valence-corrected chi connectivity index (χ1v) is 5.15. The number of carboxylic acids is 1. The van der Waals surface area contributed by atoms with Gasteiger partial charge in [-0.15, -0.1) is 0 Å². The van der Waals surface area contributed by atoms with Gasteiger partial charge in [-0.25, -0.2) is 9.48 Å². The number of carboxylic acid groups (broad SMARTS) is 1. The molecule has 0 aliphatic heterocycles. The zero-order valence-electron chi connectivity index (χ0n) is 9.64. The SMILES string of the molecule is Cc1cccc(C)c1-n1ncc(C(=O)O)c1N. The minimum absolute atomic E-state index is 0.0210. The van der Waals surface area contributed by atoms with Gasteiger partial charge in [0.25, 0.3) is 0 Å². The summed E-state index contributed by atoms with van der Waals surface area (Å²) >= 11 is 0. The maximum Gasteiger partial charge on any atom is 0.341 e. The molecule has 0 saturated heterocycles. The number of nitrogens with two attached hydrogens (primary N) is 1. The van der Waals surface area contributed by atoms with Gasteiger partial charge in [0.15, 0.2) is 0 Å². The largest absolute Gasteiger partial charge is 0.477 e. The lowest BCUT2D eigenvalue weighted by atomic mass is 10.1. The lowest BCUT2D eigenvalue weighted by molar-refractivity contribution is 0.0698. The monoisotopic (exact) mass is 231 g/mol. The fourth-order valence-electron chi connectivity index (χ4n) is 1.84. The quantitative estimate of drug-likeness (QED) is 0.825. The highest BCUT2D eigenvalue weighted by Gasteiger charge is 2.16. The fourth-order valence-corrected chi connectivity index (χ4v) is 1.84. The molecule has 0 amide bonds. The van der Waals surface area contributed by atoms with E-state index in [0.29, 0.717) is 0 Å². The summed E-state index contributed by atoms with van der Waals surface area (Å²) in [5, 5.41) is 13.0. The maximum absolute atomic E-state index is 10.9. The van der Waals surface area contributed by atoms with Gasteiger partial charge in [0.1, 0.15) is 11.4 Å². The molecule has 0 fully saturated rings. The Morgan fingerprint density at radius 2 is 1.94 bits per heavy atom. The standard InChI is InChI=1S/C12H13N3O2/c1-7-4-3-5-8(2)10(7)15-11(13)9(6-14-15)12(16)17/h3-6H,13H2,1-2H3,(H,16,17). The Balaban J connectivity index is 2.66. The average Bonchev–Trinajstić information content (AvgIpc) is 2.61. The Morgan fingerprint density at radius 1 is 1.35 bits per heavy atom. The molecule has 2 rings (SSSR count). The Bertz CT molecular complexity index is 567. The van der Waals surface area contributed by atoms with Gasteiger partial charge in [-0.05, 0) is 25.0 Å². The Morgan fingerprint density at radius 3 is 2.41 bits per heavy atom. The molecule has 0 aliphatic rings. The number of hydrogen-bond donors (Lipinski definition) is 2. The molecule has 5 heteroatoms. The fraction of sp³-hybridized carbons (Fsp3) is 0.167. The van der Waals surface area contributed by atoms with E-state index < -0.39 is 5.97 Å². The van der Waals surface area contributed by atoms with Gasteiger partial charge in [0, 0.05) is 0 Å². The summed E-state index contributed by atoms with van der Waals surface area (Å²) in [5.74, 6) is -0.921. The number of nitrogen functional groups attached to an aromatic ring is 1. The van der Waals surface area contributed by atoms with Crippen molar-refractivity contribution >= 4 is 11.8 Å². The Labute approximate surface area is 98.5 Å². The van der Waals surface area contributed by atoms with Gasteiger partial charge in [-0.3, -0.25) is 0 Å². The summed E-state index contributed by atoms with van der Waals surface area (Å²) in [6.07, 6.45) is 1.27. The van der Waals surface area contributed by atoms with E-state index in [-0.39, 0.29) is 11.4 Å². The molecule has 0 atom stereocenters. The highest BCUT2D eigenvalue weighted by molar-refractivity contribution is 5.92. The van der Waals surface area contributed by atoms with Crippen LogP contribution in [0.4, 0.5) is 5.82 Å². The van der Waals surface area contributed by atoms with Gasteiger partial charge >= 0.3 is 5.97 Å². The smallest absolute Gasteiger partial charge is 0.341 e. The van der Waals surface area contributed by atoms with E-state index >= 15 is 0 Å². The van der Waals surface area contributed by atoms with Crippen LogP contribution in [0.2, 0.25) is 0 Å². The van der Waals surface area contributed by atoms with Gasteiger partial charge in [-0.1, -0.05) is 18.2 Å². The first kappa shape index (κ1) is 11.2. The van der Waals surface area contributed by atoms with Gasteiger partial charge in [-0.2, -0.15) is 5.10 Å². The van der Waals surface area contributed by atoms with E-state index in [1.54, 1.807) is 0 Å². The van der Waals surface area contributed by atoms with Crippen molar-refractivity contribution in [3.8, 4) is 5.69 Å². The Hall–Kier alpha value is -2.30. The summed E-state index contributed by atoms with van der Waals surface area (Å²) in [5.41, 5.74) is 8.64. The van der Waals surface area contributed by atoms with Crippen molar-refractivity contribution in [2.75, 3.05) is 5.73 Å². The van der Waals surface area contributed by atoms with Crippen LogP contribution in [0.3, 0.4) is 0 Å². The molecule has 0 aliphatic carbocycles. The third kappa shape index (κ3) is 1.75. The molecule has 17 heavy (non-hydrogen) atoms. The number of para-hydroxylation sites is 1. The van der Waals surface area contributed by atoms with Crippen LogP contribution < -0.4 is 5.73 Å². The molecule has 88 valence electrons. The van der Waals surface area contributed by atoms with Crippen LogP contribution in [-0.4, -0.2) is 20.9 Å². The highest BCUT2D eigenvalue weighted by Crippen LogP contribution is 2.22. The minimum Gasteiger partial charge on any atom is -0.477 e. The summed E-state index contributed by atoms with van der Waals surface area (Å²) in [6, 6.07) is 5.81. The third-order valence-electron chi connectivity index (χ3n) is 2.69. The second-order valence-corrected chi connectivity index (χ2v) is 3.90. The molecular formula is C12H13N3O2. The summed E-state index contributed by atoms with van der Waals surface area (Å²) in [6.45, 7) is 3.87. The molecular weight excluding hydrogens is 218 g/mol. The average molecular weight is 231 g/mol. The number of aromatic nitrogens is 2. The molecule has 5 nitrogen and oxygen atoms in total. The van der Waals surface area contributed by atoms with Crippen LogP contribution >= 0.6 is 0 Å². The van der Waals surface area contributed by atoms with Gasteiger partial charge in [0.05, 0.1) is 11.9 Å². The number of carbonyl (C=O) groups is 1. The molecule has 0 radical (unpaired) electrons. The van der Waals surface area contributed by atoms with E-state index in [4.69, 9.17) is 10.8 Å². The van der Waals surface area contributed by atoms with Crippen LogP contribution in [0.5, 0.6) is 0 Å². The van der Waals surface area contributed by atoms with Crippen molar-refractivity contribution in [3.05, 3.63) is 41.1 Å². The first-order valence-electron chi connectivity index (χ1n) is 5.15. The zero-order valence-corrected chi connectivity index (χ0v) is 9.64. The van der Waals surface area contributed by atoms with Crippen molar-refractivity contribution in [2.45, 2.75) is 13.8 Å². The molecule has 0 spiro atoms. The van der Waals surface area contributed by atoms with Crippen molar-refractivity contribution in [1.82, 2.24) is 9.78 Å². The molecule has 2 aromatic rings. The predicted molar refractivity (Wildman–Crippen MR) is 64.4 cm³/mol. The second kappa shape index (κ2) is 3.93. The van der Waals surface area contributed by atoms with Gasteiger partial charge < -0.3 is 10.8 Å². The third-order valence-corrected chi connectivity index (χ3v) is 2.69.